The molecule has 2 heteroatoms. The Morgan fingerprint density at radius 2 is 1.69 bits per heavy atom. The topological polar surface area (TPSA) is 24.7 Å². The van der Waals surface area contributed by atoms with Crippen LogP contribution in [0.5, 0.6) is 0 Å². The molecule has 1 saturated carbocycles. The molecular weight excluding hydrogens is 160 g/mol. The molecule has 1 aliphatic rings. The van der Waals surface area contributed by atoms with Gasteiger partial charge in [0.05, 0.1) is 0 Å². The van der Waals surface area contributed by atoms with Crippen molar-refractivity contribution >= 4 is 11.4 Å². The second-order valence-corrected chi connectivity index (χ2v) is 4.24. The minimum Gasteiger partial charge on any atom is -0.161 e. The summed E-state index contributed by atoms with van der Waals surface area (Å²) in [4.78, 5) is 0. The summed E-state index contributed by atoms with van der Waals surface area (Å²) >= 11 is 0. The maximum absolute atomic E-state index is 4.19. The molecule has 0 aromatic heterocycles. The summed E-state index contributed by atoms with van der Waals surface area (Å²) in [6.45, 7) is 6.05. The molecule has 0 bridgehead atoms. The molecule has 0 aromatic rings. The molecular formula is C11H20N2. The highest BCUT2D eigenvalue weighted by molar-refractivity contribution is 5.84. The van der Waals surface area contributed by atoms with Gasteiger partial charge in [0.1, 0.15) is 0 Å². The van der Waals surface area contributed by atoms with Crippen LogP contribution in [-0.2, 0) is 0 Å². The van der Waals surface area contributed by atoms with Gasteiger partial charge >= 0.3 is 0 Å². The van der Waals surface area contributed by atoms with Gasteiger partial charge in [0.15, 0.2) is 0 Å². The lowest BCUT2D eigenvalue weighted by Gasteiger charge is -2.06. The van der Waals surface area contributed by atoms with E-state index in [-0.39, 0.29) is 0 Å². The summed E-state index contributed by atoms with van der Waals surface area (Å²) in [5.74, 6) is 0.885. The van der Waals surface area contributed by atoms with Crippen LogP contribution in [0.25, 0.3) is 0 Å². The Labute approximate surface area is 81.1 Å². The van der Waals surface area contributed by atoms with E-state index in [0.29, 0.717) is 0 Å². The zero-order valence-corrected chi connectivity index (χ0v) is 9.01. The minimum absolute atomic E-state index is 0.885. The molecule has 0 radical (unpaired) electrons. The van der Waals surface area contributed by atoms with Gasteiger partial charge in [-0.05, 0) is 33.1 Å². The van der Waals surface area contributed by atoms with Crippen LogP contribution in [0.2, 0.25) is 0 Å². The number of rotatable bonds is 3. The van der Waals surface area contributed by atoms with Gasteiger partial charge in [-0.2, -0.15) is 10.2 Å². The van der Waals surface area contributed by atoms with E-state index in [9.17, 15) is 0 Å². The monoisotopic (exact) mass is 180 g/mol. The predicted molar refractivity (Wildman–Crippen MR) is 58.5 cm³/mol. The van der Waals surface area contributed by atoms with Gasteiger partial charge < -0.3 is 0 Å². The first-order valence-electron chi connectivity index (χ1n) is 5.23. The van der Waals surface area contributed by atoms with E-state index in [1.165, 1.54) is 31.4 Å². The van der Waals surface area contributed by atoms with Crippen LogP contribution in [0.3, 0.4) is 0 Å². The van der Waals surface area contributed by atoms with Gasteiger partial charge in [0.25, 0.3) is 0 Å². The molecule has 0 spiro atoms. The third-order valence-corrected chi connectivity index (χ3v) is 2.48. The number of hydrogen-bond acceptors (Lipinski definition) is 2. The fraction of sp³-hybridized carbons (Fsp3) is 0.818. The Morgan fingerprint density at radius 1 is 1.08 bits per heavy atom. The van der Waals surface area contributed by atoms with E-state index in [2.05, 4.69) is 17.1 Å². The van der Waals surface area contributed by atoms with Crippen LogP contribution in [0.4, 0.5) is 0 Å². The maximum atomic E-state index is 4.19. The molecule has 74 valence electrons. The van der Waals surface area contributed by atoms with Gasteiger partial charge in [0.2, 0.25) is 0 Å². The lowest BCUT2D eigenvalue weighted by Crippen LogP contribution is -2.01. The molecule has 0 aliphatic heterocycles. The van der Waals surface area contributed by atoms with Crippen LogP contribution in [0.1, 0.15) is 52.9 Å². The first kappa shape index (κ1) is 10.4. The van der Waals surface area contributed by atoms with Crippen LogP contribution in [0.15, 0.2) is 10.2 Å². The van der Waals surface area contributed by atoms with E-state index < -0.39 is 0 Å². The zero-order valence-electron chi connectivity index (χ0n) is 9.01. The maximum Gasteiger partial charge on any atom is 0.0377 e. The summed E-state index contributed by atoms with van der Waals surface area (Å²) in [7, 11) is 0. The molecule has 0 aromatic carbocycles. The Morgan fingerprint density at radius 3 is 2.23 bits per heavy atom. The van der Waals surface area contributed by atoms with E-state index in [1.807, 2.05) is 13.8 Å². The molecule has 0 heterocycles. The highest BCUT2D eigenvalue weighted by Crippen LogP contribution is 2.27. The Balaban J connectivity index is 2.34. The van der Waals surface area contributed by atoms with Crippen LogP contribution < -0.4 is 0 Å². The molecule has 1 rings (SSSR count). The number of nitrogens with zero attached hydrogens (tertiary/aromatic N) is 2. The molecule has 0 amide bonds. The highest BCUT2D eigenvalue weighted by Gasteiger charge is 2.15. The smallest absolute Gasteiger partial charge is 0.0377 e. The minimum atomic E-state index is 0.885. The zero-order chi connectivity index (χ0) is 9.68. The van der Waals surface area contributed by atoms with Crippen molar-refractivity contribution in [3.63, 3.8) is 0 Å². The van der Waals surface area contributed by atoms with E-state index >= 15 is 0 Å². The van der Waals surface area contributed by atoms with Crippen molar-refractivity contribution in [2.75, 3.05) is 0 Å². The van der Waals surface area contributed by atoms with Crippen molar-refractivity contribution in [2.24, 2.45) is 16.1 Å². The van der Waals surface area contributed by atoms with Crippen LogP contribution in [-0.4, -0.2) is 11.4 Å². The SMILES string of the molecule is CC(C)=N/N=C(\C)CC1CCCC1. The second-order valence-electron chi connectivity index (χ2n) is 4.24. The fourth-order valence-corrected chi connectivity index (χ4v) is 1.86. The summed E-state index contributed by atoms with van der Waals surface area (Å²) in [6.07, 6.45) is 6.75. The molecule has 1 fully saturated rings. The van der Waals surface area contributed by atoms with Gasteiger partial charge in [-0.15, -0.1) is 0 Å². The van der Waals surface area contributed by atoms with Gasteiger partial charge in [0, 0.05) is 11.4 Å². The first-order chi connectivity index (χ1) is 6.18. The predicted octanol–water partition coefficient (Wildman–Crippen LogP) is 3.42. The molecule has 13 heavy (non-hydrogen) atoms. The van der Waals surface area contributed by atoms with Crippen molar-refractivity contribution < 1.29 is 0 Å². The summed E-state index contributed by atoms with van der Waals surface area (Å²) in [6, 6.07) is 0. The number of hydrogen-bond donors (Lipinski definition) is 0. The third-order valence-electron chi connectivity index (χ3n) is 2.48. The van der Waals surface area contributed by atoms with E-state index in [4.69, 9.17) is 0 Å². The summed E-state index contributed by atoms with van der Waals surface area (Å²) < 4.78 is 0. The summed E-state index contributed by atoms with van der Waals surface area (Å²) in [5.41, 5.74) is 2.22. The van der Waals surface area contributed by atoms with Crippen molar-refractivity contribution in [3.05, 3.63) is 0 Å². The van der Waals surface area contributed by atoms with Gasteiger partial charge in [-0.1, -0.05) is 25.7 Å². The van der Waals surface area contributed by atoms with Gasteiger partial charge in [-0.3, -0.25) is 0 Å². The average Bonchev–Trinajstić information content (AvgIpc) is 2.53. The van der Waals surface area contributed by atoms with Crippen LogP contribution >= 0.6 is 0 Å². The van der Waals surface area contributed by atoms with Crippen LogP contribution in [0, 0.1) is 5.92 Å². The van der Waals surface area contributed by atoms with E-state index in [0.717, 1.165) is 18.1 Å². The molecule has 0 saturated heterocycles. The lowest BCUT2D eigenvalue weighted by molar-refractivity contribution is 0.571. The van der Waals surface area contributed by atoms with Crippen molar-refractivity contribution in [1.29, 1.82) is 0 Å². The molecule has 0 N–H and O–H groups in total. The van der Waals surface area contributed by atoms with Crippen molar-refractivity contribution in [2.45, 2.75) is 52.9 Å². The van der Waals surface area contributed by atoms with Gasteiger partial charge in [-0.25, -0.2) is 0 Å². The molecule has 0 atom stereocenters. The highest BCUT2D eigenvalue weighted by atomic mass is 15.2. The molecule has 2 nitrogen and oxygen atoms in total. The Kier molecular flexibility index (Phi) is 4.13. The second kappa shape index (κ2) is 5.15. The van der Waals surface area contributed by atoms with Crippen molar-refractivity contribution in [1.82, 2.24) is 0 Å². The average molecular weight is 180 g/mol. The molecule has 0 unspecified atom stereocenters. The quantitative estimate of drug-likeness (QED) is 0.469. The largest absolute Gasteiger partial charge is 0.161 e. The normalized spacial score (nSPS) is 19.2. The lowest BCUT2D eigenvalue weighted by atomic mass is 10.0. The fourth-order valence-electron chi connectivity index (χ4n) is 1.86. The molecule has 1 aliphatic carbocycles. The first-order valence-corrected chi connectivity index (χ1v) is 5.23. The Hall–Kier alpha value is -0.660. The van der Waals surface area contributed by atoms with Crippen molar-refractivity contribution in [3.8, 4) is 0 Å². The standard InChI is InChI=1S/C11H20N2/c1-9(2)12-13-10(3)8-11-6-4-5-7-11/h11H,4-8H2,1-3H3/b13-10+. The Bertz CT molecular complexity index is 206. The van der Waals surface area contributed by atoms with E-state index in [1.54, 1.807) is 0 Å². The third kappa shape index (κ3) is 4.20. The summed E-state index contributed by atoms with van der Waals surface area (Å²) in [5, 5.41) is 8.26.